The lowest BCUT2D eigenvalue weighted by atomic mass is 9.90. The fourth-order valence-electron chi connectivity index (χ4n) is 3.31. The lowest BCUT2D eigenvalue weighted by molar-refractivity contribution is -0.391. The van der Waals surface area contributed by atoms with E-state index in [0.717, 1.165) is 24.2 Å². The number of aromatic amines is 1. The number of nitrogens with one attached hydrogen (secondary N) is 2. The number of aromatic nitrogens is 1. The molecule has 0 atom stereocenters. The van der Waals surface area contributed by atoms with Crippen LogP contribution in [0.1, 0.15) is 59.4 Å². The third kappa shape index (κ3) is 5.36. The van der Waals surface area contributed by atoms with E-state index >= 15 is 0 Å². The Bertz CT molecular complexity index is 881. The summed E-state index contributed by atoms with van der Waals surface area (Å²) in [6.45, 7) is 12.8. The summed E-state index contributed by atoms with van der Waals surface area (Å²) < 4.78 is 38.0. The monoisotopic (exact) mass is 390 g/mol. The smallest absolute Gasteiger partial charge is 0.626 e. The molecular weight excluding hydrogens is 361 g/mol. The predicted molar refractivity (Wildman–Crippen MR) is 108 cm³/mol. The quantitative estimate of drug-likeness (QED) is 0.764. The zero-order chi connectivity index (χ0) is 20.7. The maximum Gasteiger partial charge on any atom is 0.726 e. The van der Waals surface area contributed by atoms with E-state index in [1.807, 2.05) is 12.1 Å². The molecular formula is C21H29BF2N2O2. The fraction of sp³-hybridized carbons (Fsp3) is 0.476. The molecule has 0 radical (unpaired) electrons. The molecule has 0 amide bonds. The maximum atomic E-state index is 14.2. The third-order valence-corrected chi connectivity index (χ3v) is 4.26. The molecule has 2 aliphatic heterocycles. The number of hydrogen-bond donors (Lipinski definition) is 2. The molecule has 0 fully saturated rings. The Labute approximate surface area is 165 Å². The van der Waals surface area contributed by atoms with E-state index in [0.29, 0.717) is 11.4 Å². The molecule has 7 heteroatoms. The van der Waals surface area contributed by atoms with Crippen molar-refractivity contribution in [2.24, 2.45) is 10.8 Å². The summed E-state index contributed by atoms with van der Waals surface area (Å²) in [6, 6.07) is 3.67. The average Bonchev–Trinajstić information content (AvgIpc) is 3.11. The van der Waals surface area contributed by atoms with Crippen LogP contribution in [0.5, 0.6) is 0 Å². The molecule has 0 aliphatic carbocycles. The zero-order valence-electron chi connectivity index (χ0n) is 17.5. The Morgan fingerprint density at radius 3 is 2.29 bits per heavy atom. The molecule has 3 rings (SSSR count). The van der Waals surface area contributed by atoms with Gasteiger partial charge in [-0.2, -0.15) is 0 Å². The summed E-state index contributed by atoms with van der Waals surface area (Å²) in [5, 5.41) is 0. The molecule has 0 aromatic carbocycles. The van der Waals surface area contributed by atoms with Gasteiger partial charge < -0.3 is 22.9 Å². The number of rotatable bonds is 3. The first kappa shape index (κ1) is 20.4. The summed E-state index contributed by atoms with van der Waals surface area (Å²) in [6.07, 6.45) is 6.80. The largest absolute Gasteiger partial charge is 0.726 e. The highest BCUT2D eigenvalue weighted by atomic mass is 19.3. The van der Waals surface area contributed by atoms with Crippen molar-refractivity contribution in [2.45, 2.75) is 54.4 Å². The van der Waals surface area contributed by atoms with Crippen molar-refractivity contribution >= 4 is 18.6 Å². The molecule has 2 N–H and O–H groups in total. The minimum absolute atomic E-state index is 0.0818. The molecule has 0 saturated heterocycles. The predicted octanol–water partition coefficient (Wildman–Crippen LogP) is 4.10. The number of hydrogen-bond acceptors (Lipinski definition) is 2. The first-order chi connectivity index (χ1) is 12.8. The van der Waals surface area contributed by atoms with Crippen LogP contribution in [-0.4, -0.2) is 17.8 Å². The van der Waals surface area contributed by atoms with Crippen molar-refractivity contribution in [3.63, 3.8) is 0 Å². The molecule has 1 aromatic heterocycles. The van der Waals surface area contributed by atoms with E-state index in [1.165, 1.54) is 6.08 Å². The normalized spacial score (nSPS) is 21.9. The Kier molecular flexibility index (Phi) is 5.06. The van der Waals surface area contributed by atoms with Crippen LogP contribution in [0.25, 0.3) is 5.76 Å². The summed E-state index contributed by atoms with van der Waals surface area (Å²) in [7, 11) is -4.44. The van der Waals surface area contributed by atoms with Crippen LogP contribution in [0.2, 0.25) is 0 Å². The molecule has 0 spiro atoms. The lowest BCUT2D eigenvalue weighted by Gasteiger charge is -2.33. The molecule has 152 valence electrons. The van der Waals surface area contributed by atoms with Gasteiger partial charge in [0.25, 0.3) is 0 Å². The second kappa shape index (κ2) is 6.94. The Morgan fingerprint density at radius 2 is 1.64 bits per heavy atom. The minimum Gasteiger partial charge on any atom is -0.626 e. The van der Waals surface area contributed by atoms with E-state index in [2.05, 4.69) is 51.5 Å². The van der Waals surface area contributed by atoms with Gasteiger partial charge >= 0.3 is 7.11 Å². The van der Waals surface area contributed by atoms with Crippen LogP contribution < -0.4 is 4.99 Å². The second-order valence-corrected chi connectivity index (χ2v) is 9.91. The summed E-state index contributed by atoms with van der Waals surface area (Å²) >= 11 is 0. The van der Waals surface area contributed by atoms with Gasteiger partial charge in [0.2, 0.25) is 5.70 Å². The van der Waals surface area contributed by atoms with E-state index in [1.54, 1.807) is 12.1 Å². The lowest BCUT2D eigenvalue weighted by Crippen LogP contribution is -2.68. The van der Waals surface area contributed by atoms with Crippen LogP contribution in [0.3, 0.4) is 0 Å². The van der Waals surface area contributed by atoms with Gasteiger partial charge in [0.15, 0.2) is 11.5 Å². The Hall–Kier alpha value is -2.31. The average molecular weight is 390 g/mol. The van der Waals surface area contributed by atoms with Gasteiger partial charge in [-0.1, -0.05) is 41.5 Å². The van der Waals surface area contributed by atoms with Crippen LogP contribution in [-0.2, 0) is 15.7 Å². The van der Waals surface area contributed by atoms with E-state index in [9.17, 15) is 8.63 Å². The van der Waals surface area contributed by atoms with Crippen molar-refractivity contribution < 1.29 is 22.9 Å². The zero-order valence-corrected chi connectivity index (χ0v) is 17.5. The molecule has 0 bridgehead atoms. The van der Waals surface area contributed by atoms with Gasteiger partial charge in [-0.3, -0.25) is 0 Å². The summed E-state index contributed by atoms with van der Waals surface area (Å²) in [4.78, 5) is 6.38. The molecule has 0 unspecified atom stereocenters. The Balaban J connectivity index is 1.91. The van der Waals surface area contributed by atoms with Gasteiger partial charge in [-0.25, -0.2) is 4.99 Å². The molecule has 0 saturated carbocycles. The van der Waals surface area contributed by atoms with Crippen LogP contribution >= 0.6 is 0 Å². The van der Waals surface area contributed by atoms with Crippen molar-refractivity contribution in [3.05, 3.63) is 53.2 Å². The topological polar surface area (TPSA) is 48.2 Å². The van der Waals surface area contributed by atoms with Gasteiger partial charge in [-0.15, -0.1) is 0 Å². The molecule has 1 aromatic rings. The molecule has 3 heterocycles. The molecule has 4 nitrogen and oxygen atoms in total. The highest BCUT2D eigenvalue weighted by Crippen LogP contribution is 2.33. The molecule has 2 aliphatic rings. The number of halogens is 2. The standard InChI is InChI=1S/C21H28BF2N2O2/c1-20(2,3)12-14-7-9-16(25-14)18-11-19(28-22(23,24)27-18)17-10-8-15(26-17)13-21(4,5)6/h7-11,25H,12-13H2,1-6H3/q-1/p+1/b19-17-. The second-order valence-electron chi connectivity index (χ2n) is 9.91. The third-order valence-electron chi connectivity index (χ3n) is 4.26. The number of allylic oxidation sites excluding steroid dienone is 3. The van der Waals surface area contributed by atoms with Gasteiger partial charge in [0, 0.05) is 30.3 Å². The van der Waals surface area contributed by atoms with E-state index < -0.39 is 7.11 Å². The summed E-state index contributed by atoms with van der Waals surface area (Å²) in [5.41, 5.74) is 3.16. The fourth-order valence-corrected chi connectivity index (χ4v) is 3.31. The van der Waals surface area contributed by atoms with Gasteiger partial charge in [0.05, 0.1) is 5.69 Å². The molecule has 28 heavy (non-hydrogen) atoms. The van der Waals surface area contributed by atoms with Crippen molar-refractivity contribution in [1.29, 1.82) is 0 Å². The van der Waals surface area contributed by atoms with Gasteiger partial charge in [0.1, 0.15) is 5.76 Å². The minimum atomic E-state index is -4.44. The highest BCUT2D eigenvalue weighted by Gasteiger charge is 2.40. The van der Waals surface area contributed by atoms with Crippen LogP contribution in [0.15, 0.2) is 41.8 Å². The first-order valence-electron chi connectivity index (χ1n) is 9.63. The Morgan fingerprint density at radius 1 is 0.964 bits per heavy atom. The van der Waals surface area contributed by atoms with Crippen molar-refractivity contribution in [2.75, 3.05) is 0 Å². The SMILES string of the molecule is CC(C)(C)CC1=[NH+]/C(=C2/C=C(c3ccc(CC(C)(C)C)[nH]3)O[B-](F)(F)O2)C=C1. The maximum absolute atomic E-state index is 14.2. The summed E-state index contributed by atoms with van der Waals surface area (Å²) in [5.74, 6) is 0.164. The first-order valence-corrected chi connectivity index (χ1v) is 9.63. The van der Waals surface area contributed by atoms with Crippen molar-refractivity contribution in [1.82, 2.24) is 4.98 Å². The van der Waals surface area contributed by atoms with Crippen LogP contribution in [0, 0.1) is 10.8 Å². The highest BCUT2D eigenvalue weighted by molar-refractivity contribution is 6.53. The number of H-pyrrole nitrogens is 1. The van der Waals surface area contributed by atoms with E-state index in [4.69, 9.17) is 9.31 Å². The van der Waals surface area contributed by atoms with E-state index in [-0.39, 0.29) is 22.3 Å². The van der Waals surface area contributed by atoms with Crippen molar-refractivity contribution in [3.8, 4) is 0 Å². The van der Waals surface area contributed by atoms with Crippen LogP contribution in [0.4, 0.5) is 8.63 Å². The van der Waals surface area contributed by atoms with Gasteiger partial charge in [-0.05, 0) is 29.4 Å².